The lowest BCUT2D eigenvalue weighted by atomic mass is 10.0. The summed E-state index contributed by atoms with van der Waals surface area (Å²) < 4.78 is 1.29. The lowest BCUT2D eigenvalue weighted by molar-refractivity contribution is 0.164. The molecular weight excluding hydrogens is 266 g/mol. The van der Waals surface area contributed by atoms with E-state index >= 15 is 0 Å². The first-order valence-corrected chi connectivity index (χ1v) is 7.14. The van der Waals surface area contributed by atoms with Crippen LogP contribution in [0.15, 0.2) is 9.59 Å². The largest absolute Gasteiger partial charge is 0.329 e. The molecule has 1 fully saturated rings. The number of nitrogens with one attached hydrogen (secondary N) is 1. The Morgan fingerprint density at radius 3 is 2.74 bits per heavy atom. The minimum absolute atomic E-state index is 0.172. The second kappa shape index (κ2) is 5.92. The molecule has 1 aromatic heterocycles. The van der Waals surface area contributed by atoms with Crippen molar-refractivity contribution in [1.29, 1.82) is 0 Å². The Bertz CT molecular complexity index is 564. The maximum Gasteiger partial charge on any atom is 0.329 e. The summed E-state index contributed by atoms with van der Waals surface area (Å²) >= 11 is 5.90. The van der Waals surface area contributed by atoms with Crippen LogP contribution in [0.25, 0.3) is 0 Å². The van der Waals surface area contributed by atoms with Gasteiger partial charge in [0.25, 0.3) is 5.56 Å². The smallest absolute Gasteiger partial charge is 0.302 e. The number of aromatic amines is 1. The summed E-state index contributed by atoms with van der Waals surface area (Å²) in [6, 6.07) is 0.249. The summed E-state index contributed by atoms with van der Waals surface area (Å²) in [5.74, 6) is 0. The van der Waals surface area contributed by atoms with Gasteiger partial charge in [-0.2, -0.15) is 0 Å². The van der Waals surface area contributed by atoms with Gasteiger partial charge in [0.15, 0.2) is 0 Å². The third-order valence-electron chi connectivity index (χ3n) is 3.90. The number of nitrogens with zero attached hydrogens (tertiary/aromatic N) is 2. The van der Waals surface area contributed by atoms with E-state index in [-0.39, 0.29) is 16.8 Å². The molecule has 0 bridgehead atoms. The van der Waals surface area contributed by atoms with Crippen molar-refractivity contribution in [2.45, 2.75) is 45.2 Å². The molecule has 0 amide bonds. The van der Waals surface area contributed by atoms with Gasteiger partial charge in [0.1, 0.15) is 5.15 Å². The molecule has 0 aromatic carbocycles. The molecule has 1 saturated heterocycles. The molecular formula is C13H20ClN3O2. The third-order valence-corrected chi connectivity index (χ3v) is 4.22. The van der Waals surface area contributed by atoms with E-state index in [0.29, 0.717) is 18.5 Å². The fourth-order valence-corrected chi connectivity index (χ4v) is 2.94. The van der Waals surface area contributed by atoms with Crippen LogP contribution < -0.4 is 11.2 Å². The lowest BCUT2D eigenvalue weighted by Crippen LogP contribution is -2.46. The third kappa shape index (κ3) is 2.92. The van der Waals surface area contributed by atoms with E-state index in [1.165, 1.54) is 11.0 Å². The first kappa shape index (κ1) is 14.3. The molecule has 1 atom stereocenters. The van der Waals surface area contributed by atoms with Gasteiger partial charge in [-0.15, -0.1) is 0 Å². The van der Waals surface area contributed by atoms with Gasteiger partial charge in [0, 0.05) is 12.6 Å². The van der Waals surface area contributed by atoms with Crippen molar-refractivity contribution in [3.63, 3.8) is 0 Å². The molecule has 5 nitrogen and oxygen atoms in total. The summed E-state index contributed by atoms with van der Waals surface area (Å²) in [6.45, 7) is 3.32. The topological polar surface area (TPSA) is 58.1 Å². The van der Waals surface area contributed by atoms with Crippen molar-refractivity contribution in [2.75, 3.05) is 13.6 Å². The fourth-order valence-electron chi connectivity index (χ4n) is 2.64. The van der Waals surface area contributed by atoms with Gasteiger partial charge in [-0.1, -0.05) is 24.9 Å². The van der Waals surface area contributed by atoms with Gasteiger partial charge in [0.05, 0.1) is 5.56 Å². The van der Waals surface area contributed by atoms with Crippen LogP contribution in [0.4, 0.5) is 0 Å². The summed E-state index contributed by atoms with van der Waals surface area (Å²) in [5.41, 5.74) is -0.180. The quantitative estimate of drug-likeness (QED) is 0.850. The van der Waals surface area contributed by atoms with Crippen molar-refractivity contribution in [2.24, 2.45) is 0 Å². The SMILES string of the molecule is CCc1c(Cl)[nH]c(=O)n(CC2CCCCN2C)c1=O. The van der Waals surface area contributed by atoms with Crippen LogP contribution in [0, 0.1) is 0 Å². The molecule has 0 spiro atoms. The highest BCUT2D eigenvalue weighted by molar-refractivity contribution is 6.30. The van der Waals surface area contributed by atoms with Crippen molar-refractivity contribution in [3.8, 4) is 0 Å². The molecule has 1 N–H and O–H groups in total. The average Bonchev–Trinajstić information content (AvgIpc) is 2.36. The van der Waals surface area contributed by atoms with Crippen LogP contribution in [0.2, 0.25) is 5.15 Å². The van der Waals surface area contributed by atoms with Crippen molar-refractivity contribution in [1.82, 2.24) is 14.5 Å². The van der Waals surface area contributed by atoms with E-state index in [1.807, 2.05) is 14.0 Å². The summed E-state index contributed by atoms with van der Waals surface area (Å²) in [6.07, 6.45) is 3.87. The highest BCUT2D eigenvalue weighted by Crippen LogP contribution is 2.16. The molecule has 1 aliphatic heterocycles. The maximum absolute atomic E-state index is 12.3. The van der Waals surface area contributed by atoms with Crippen LogP contribution in [-0.4, -0.2) is 34.1 Å². The first-order chi connectivity index (χ1) is 9.04. The predicted molar refractivity (Wildman–Crippen MR) is 76.0 cm³/mol. The van der Waals surface area contributed by atoms with Crippen LogP contribution in [0.3, 0.4) is 0 Å². The zero-order chi connectivity index (χ0) is 14.0. The Morgan fingerprint density at radius 1 is 1.37 bits per heavy atom. The number of halogens is 1. The predicted octanol–water partition coefficient (Wildman–Crippen LogP) is 1.24. The van der Waals surface area contributed by atoms with E-state index in [1.54, 1.807) is 0 Å². The standard InChI is InChI=1S/C13H20ClN3O2/c1-3-10-11(14)15-13(19)17(12(10)18)8-9-6-4-5-7-16(9)2/h9H,3-8H2,1-2H3,(H,15,19). The molecule has 6 heteroatoms. The van der Waals surface area contributed by atoms with E-state index in [9.17, 15) is 9.59 Å². The van der Waals surface area contributed by atoms with Gasteiger partial charge < -0.3 is 4.90 Å². The molecule has 2 heterocycles. The highest BCUT2D eigenvalue weighted by Gasteiger charge is 2.21. The Labute approximate surface area is 117 Å². The Kier molecular flexibility index (Phi) is 4.47. The molecule has 19 heavy (non-hydrogen) atoms. The van der Waals surface area contributed by atoms with Gasteiger partial charge in [0.2, 0.25) is 0 Å². The van der Waals surface area contributed by atoms with Crippen LogP contribution in [-0.2, 0) is 13.0 Å². The fraction of sp³-hybridized carbons (Fsp3) is 0.692. The van der Waals surface area contributed by atoms with Crippen molar-refractivity contribution in [3.05, 3.63) is 31.6 Å². The summed E-state index contributed by atoms with van der Waals surface area (Å²) in [7, 11) is 2.04. The Morgan fingerprint density at radius 2 is 2.11 bits per heavy atom. The zero-order valence-electron chi connectivity index (χ0n) is 11.4. The monoisotopic (exact) mass is 285 g/mol. The molecule has 1 aromatic rings. The average molecular weight is 286 g/mol. The van der Waals surface area contributed by atoms with E-state index in [4.69, 9.17) is 11.6 Å². The number of aromatic nitrogens is 2. The Hall–Kier alpha value is -1.07. The van der Waals surface area contributed by atoms with Gasteiger partial charge in [-0.3, -0.25) is 14.3 Å². The van der Waals surface area contributed by atoms with Crippen LogP contribution in [0.1, 0.15) is 31.7 Å². The van der Waals surface area contributed by atoms with Gasteiger partial charge >= 0.3 is 5.69 Å². The second-order valence-electron chi connectivity index (χ2n) is 5.12. The van der Waals surface area contributed by atoms with Crippen LogP contribution >= 0.6 is 11.6 Å². The van der Waals surface area contributed by atoms with Gasteiger partial charge in [-0.25, -0.2) is 4.79 Å². The molecule has 0 radical (unpaired) electrons. The molecule has 106 valence electrons. The maximum atomic E-state index is 12.3. The number of H-pyrrole nitrogens is 1. The minimum atomic E-state index is -0.411. The Balaban J connectivity index is 2.35. The summed E-state index contributed by atoms with van der Waals surface area (Å²) in [4.78, 5) is 29.0. The molecule has 2 rings (SSSR count). The van der Waals surface area contributed by atoms with E-state index in [0.717, 1.165) is 19.4 Å². The van der Waals surface area contributed by atoms with E-state index in [2.05, 4.69) is 9.88 Å². The van der Waals surface area contributed by atoms with E-state index < -0.39 is 5.69 Å². The molecule has 1 unspecified atom stereocenters. The van der Waals surface area contributed by atoms with Gasteiger partial charge in [-0.05, 0) is 32.9 Å². The first-order valence-electron chi connectivity index (χ1n) is 6.76. The zero-order valence-corrected chi connectivity index (χ0v) is 12.2. The summed E-state index contributed by atoms with van der Waals surface area (Å²) in [5, 5.41) is 0.172. The second-order valence-corrected chi connectivity index (χ2v) is 5.50. The number of piperidine rings is 1. The normalized spacial score (nSPS) is 20.7. The van der Waals surface area contributed by atoms with Crippen molar-refractivity contribution >= 4 is 11.6 Å². The highest BCUT2D eigenvalue weighted by atomic mass is 35.5. The molecule has 0 aliphatic carbocycles. The number of hydrogen-bond acceptors (Lipinski definition) is 3. The molecule has 1 aliphatic rings. The number of likely N-dealkylation sites (N-methyl/N-ethyl adjacent to an activating group) is 1. The number of likely N-dealkylation sites (tertiary alicyclic amines) is 1. The number of hydrogen-bond donors (Lipinski definition) is 1. The van der Waals surface area contributed by atoms with Crippen LogP contribution in [0.5, 0.6) is 0 Å². The van der Waals surface area contributed by atoms with Crippen molar-refractivity contribution < 1.29 is 0 Å². The minimum Gasteiger partial charge on any atom is -0.302 e. The lowest BCUT2D eigenvalue weighted by Gasteiger charge is -2.32. The molecule has 0 saturated carbocycles. The number of rotatable bonds is 3.